The van der Waals surface area contributed by atoms with E-state index in [0.29, 0.717) is 23.7 Å². The second-order valence-corrected chi connectivity index (χ2v) is 7.97. The summed E-state index contributed by atoms with van der Waals surface area (Å²) in [6, 6.07) is 21.7. The number of urea groups is 1. The van der Waals surface area contributed by atoms with E-state index in [1.165, 1.54) is 16.8 Å². The zero-order valence-electron chi connectivity index (χ0n) is 17.6. The van der Waals surface area contributed by atoms with Gasteiger partial charge in [0.15, 0.2) is 6.61 Å². The molecule has 0 unspecified atom stereocenters. The number of hydrogen-bond donors (Lipinski definition) is 3. The van der Waals surface area contributed by atoms with E-state index < -0.39 is 0 Å². The van der Waals surface area contributed by atoms with Crippen LogP contribution in [-0.4, -0.2) is 25.1 Å². The molecule has 7 nitrogen and oxygen atoms in total. The van der Waals surface area contributed by atoms with Gasteiger partial charge in [0.2, 0.25) is 0 Å². The van der Waals surface area contributed by atoms with Crippen molar-refractivity contribution in [3.8, 4) is 5.75 Å². The fourth-order valence-electron chi connectivity index (χ4n) is 4.06. The van der Waals surface area contributed by atoms with Crippen molar-refractivity contribution in [1.29, 1.82) is 0 Å². The Hall–Kier alpha value is -4.00. The number of nitrogens with zero attached hydrogens (tertiary/aromatic N) is 1. The summed E-state index contributed by atoms with van der Waals surface area (Å²) in [5, 5.41) is 8.39. The molecule has 3 aromatic rings. The lowest BCUT2D eigenvalue weighted by molar-refractivity contribution is -0.118. The summed E-state index contributed by atoms with van der Waals surface area (Å²) in [4.78, 5) is 26.0. The van der Waals surface area contributed by atoms with E-state index in [-0.39, 0.29) is 18.5 Å². The van der Waals surface area contributed by atoms with Gasteiger partial charge >= 0.3 is 6.03 Å². The molecular formula is C25H24N4O3. The van der Waals surface area contributed by atoms with E-state index in [9.17, 15) is 9.59 Å². The first kappa shape index (κ1) is 19.9. The van der Waals surface area contributed by atoms with Gasteiger partial charge in [-0.3, -0.25) is 4.79 Å². The first-order valence-electron chi connectivity index (χ1n) is 10.7. The van der Waals surface area contributed by atoms with Crippen LogP contribution < -0.4 is 25.6 Å². The van der Waals surface area contributed by atoms with Crippen molar-refractivity contribution in [2.24, 2.45) is 0 Å². The minimum atomic E-state index is -0.303. The van der Waals surface area contributed by atoms with Crippen molar-refractivity contribution in [1.82, 2.24) is 5.32 Å². The van der Waals surface area contributed by atoms with Crippen LogP contribution in [0.3, 0.4) is 0 Å². The molecule has 2 heterocycles. The highest BCUT2D eigenvalue weighted by atomic mass is 16.5. The van der Waals surface area contributed by atoms with Gasteiger partial charge < -0.3 is 25.6 Å². The number of nitrogens with one attached hydrogen (secondary N) is 3. The lowest BCUT2D eigenvalue weighted by Crippen LogP contribution is -2.28. The second-order valence-electron chi connectivity index (χ2n) is 7.97. The standard InChI is InChI=1S/C25H24N4O3/c30-24-16-32-23-13-20(9-10-21(23)28-24)27-25(31)26-14-17-5-7-18(8-6-17)15-29-12-11-19-3-1-2-4-22(19)29/h1-10,13H,11-12,14-16H2,(H,28,30)(H2,26,27,31). The summed E-state index contributed by atoms with van der Waals surface area (Å²) in [5.41, 5.74) is 6.21. The van der Waals surface area contributed by atoms with Gasteiger partial charge in [0.1, 0.15) is 5.75 Å². The number of carbonyl (C=O) groups is 2. The van der Waals surface area contributed by atoms with E-state index >= 15 is 0 Å². The number of ether oxygens (including phenoxy) is 1. The largest absolute Gasteiger partial charge is 0.482 e. The predicted molar refractivity (Wildman–Crippen MR) is 124 cm³/mol. The SMILES string of the molecule is O=C1COc2cc(NC(=O)NCc3ccc(CN4CCc5ccccc54)cc3)ccc2N1. The number of amides is 3. The van der Waals surface area contributed by atoms with Crippen molar-refractivity contribution < 1.29 is 14.3 Å². The van der Waals surface area contributed by atoms with Gasteiger partial charge in [-0.2, -0.15) is 0 Å². The summed E-state index contributed by atoms with van der Waals surface area (Å²) in [6.45, 7) is 2.33. The van der Waals surface area contributed by atoms with Crippen LogP contribution in [0.1, 0.15) is 16.7 Å². The number of carbonyl (C=O) groups excluding carboxylic acids is 2. The average Bonchev–Trinajstić information content (AvgIpc) is 3.21. The van der Waals surface area contributed by atoms with Crippen molar-refractivity contribution in [3.63, 3.8) is 0 Å². The third kappa shape index (κ3) is 4.37. The first-order valence-corrected chi connectivity index (χ1v) is 10.7. The summed E-state index contributed by atoms with van der Waals surface area (Å²) in [5.74, 6) is 0.353. The zero-order chi connectivity index (χ0) is 21.9. The molecule has 2 aliphatic heterocycles. The third-order valence-corrected chi connectivity index (χ3v) is 5.71. The minimum absolute atomic E-state index is 0.0249. The van der Waals surface area contributed by atoms with Crippen LogP contribution in [-0.2, 0) is 24.3 Å². The lowest BCUT2D eigenvalue weighted by atomic mass is 10.1. The Bertz CT molecular complexity index is 1160. The highest BCUT2D eigenvalue weighted by molar-refractivity contribution is 5.96. The molecule has 3 N–H and O–H groups in total. The summed E-state index contributed by atoms with van der Waals surface area (Å²) >= 11 is 0. The molecular weight excluding hydrogens is 404 g/mol. The third-order valence-electron chi connectivity index (χ3n) is 5.71. The first-order chi connectivity index (χ1) is 15.6. The fraction of sp³-hybridized carbons (Fsp3) is 0.200. The van der Waals surface area contributed by atoms with Crippen LogP contribution >= 0.6 is 0 Å². The molecule has 2 aliphatic rings. The predicted octanol–water partition coefficient (Wildman–Crippen LogP) is 3.90. The summed E-state index contributed by atoms with van der Waals surface area (Å²) < 4.78 is 5.38. The fourth-order valence-corrected chi connectivity index (χ4v) is 4.06. The van der Waals surface area contributed by atoms with E-state index in [2.05, 4.69) is 57.2 Å². The molecule has 3 aromatic carbocycles. The monoisotopic (exact) mass is 428 g/mol. The van der Waals surface area contributed by atoms with Crippen LogP contribution in [0.15, 0.2) is 66.7 Å². The maximum atomic E-state index is 12.3. The molecule has 0 saturated carbocycles. The van der Waals surface area contributed by atoms with Gasteiger partial charge in [-0.1, -0.05) is 42.5 Å². The molecule has 0 saturated heterocycles. The van der Waals surface area contributed by atoms with Crippen molar-refractivity contribution in [2.75, 3.05) is 28.7 Å². The Labute approximate surface area is 186 Å². The van der Waals surface area contributed by atoms with E-state index in [1.54, 1.807) is 18.2 Å². The molecule has 3 amide bonds. The van der Waals surface area contributed by atoms with Crippen LogP contribution in [0.25, 0.3) is 0 Å². The summed E-state index contributed by atoms with van der Waals surface area (Å²) in [6.07, 6.45) is 1.10. The Morgan fingerprint density at radius 3 is 2.72 bits per heavy atom. The minimum Gasteiger partial charge on any atom is -0.482 e. The van der Waals surface area contributed by atoms with Gasteiger partial charge in [0.05, 0.1) is 5.69 Å². The Morgan fingerprint density at radius 1 is 1.03 bits per heavy atom. The van der Waals surface area contributed by atoms with Gasteiger partial charge in [0.25, 0.3) is 5.91 Å². The van der Waals surface area contributed by atoms with Crippen molar-refractivity contribution in [2.45, 2.75) is 19.5 Å². The molecule has 5 rings (SSSR count). The molecule has 0 atom stereocenters. The number of rotatable bonds is 5. The normalized spacial score (nSPS) is 14.1. The Morgan fingerprint density at radius 2 is 1.84 bits per heavy atom. The van der Waals surface area contributed by atoms with E-state index in [4.69, 9.17) is 4.74 Å². The van der Waals surface area contributed by atoms with Crippen molar-refractivity contribution >= 4 is 29.0 Å². The molecule has 0 radical (unpaired) electrons. The number of benzene rings is 3. The summed E-state index contributed by atoms with van der Waals surface area (Å²) in [7, 11) is 0. The maximum Gasteiger partial charge on any atom is 0.319 e. The molecule has 0 fully saturated rings. The molecule has 0 spiro atoms. The smallest absolute Gasteiger partial charge is 0.319 e. The van der Waals surface area contributed by atoms with Gasteiger partial charge in [0, 0.05) is 37.1 Å². The van der Waals surface area contributed by atoms with Crippen LogP contribution in [0.2, 0.25) is 0 Å². The number of fused-ring (bicyclic) bond motifs is 2. The highest BCUT2D eigenvalue weighted by Crippen LogP contribution is 2.31. The van der Waals surface area contributed by atoms with Gasteiger partial charge in [-0.05, 0) is 41.3 Å². The molecule has 0 aliphatic carbocycles. The second kappa shape index (κ2) is 8.63. The number of hydrogen-bond acceptors (Lipinski definition) is 4. The van der Waals surface area contributed by atoms with Crippen molar-refractivity contribution in [3.05, 3.63) is 83.4 Å². The lowest BCUT2D eigenvalue weighted by Gasteiger charge is -2.19. The van der Waals surface area contributed by atoms with Crippen LogP contribution in [0.5, 0.6) is 5.75 Å². The number of anilines is 3. The quantitative estimate of drug-likeness (QED) is 0.576. The molecule has 32 heavy (non-hydrogen) atoms. The average molecular weight is 428 g/mol. The van der Waals surface area contributed by atoms with Gasteiger partial charge in [-0.15, -0.1) is 0 Å². The molecule has 162 valence electrons. The molecule has 0 aromatic heterocycles. The Kier molecular flexibility index (Phi) is 5.37. The maximum absolute atomic E-state index is 12.3. The molecule has 0 bridgehead atoms. The van der Waals surface area contributed by atoms with Crippen LogP contribution in [0.4, 0.5) is 21.9 Å². The number of para-hydroxylation sites is 1. The van der Waals surface area contributed by atoms with E-state index in [1.807, 2.05) is 12.1 Å². The molecule has 7 heteroatoms. The van der Waals surface area contributed by atoms with E-state index in [0.717, 1.165) is 25.1 Å². The highest BCUT2D eigenvalue weighted by Gasteiger charge is 2.18. The topological polar surface area (TPSA) is 82.7 Å². The van der Waals surface area contributed by atoms with Crippen LogP contribution in [0, 0.1) is 0 Å². The Balaban J connectivity index is 1.13. The zero-order valence-corrected chi connectivity index (χ0v) is 17.6. The van der Waals surface area contributed by atoms with Gasteiger partial charge in [-0.25, -0.2) is 4.79 Å².